The Labute approximate surface area is 163 Å². The minimum absolute atomic E-state index is 0.0157. The summed E-state index contributed by atoms with van der Waals surface area (Å²) in [6, 6.07) is 16.8. The molecule has 140 valence electrons. The van der Waals surface area contributed by atoms with Gasteiger partial charge < -0.3 is 4.74 Å². The molecule has 0 saturated heterocycles. The highest BCUT2D eigenvalue weighted by atomic mass is 35.5. The topological polar surface area (TPSA) is 72.5 Å². The van der Waals surface area contributed by atoms with Crippen molar-refractivity contribution in [2.24, 2.45) is 0 Å². The van der Waals surface area contributed by atoms with Crippen LogP contribution in [0.1, 0.15) is 18.4 Å². The Bertz CT molecular complexity index is 1090. The summed E-state index contributed by atoms with van der Waals surface area (Å²) in [5.74, 6) is -0.494. The third kappa shape index (κ3) is 4.23. The van der Waals surface area contributed by atoms with Crippen LogP contribution in [0.2, 0.25) is 5.02 Å². The summed E-state index contributed by atoms with van der Waals surface area (Å²) in [5.41, 5.74) is 0.719. The van der Waals surface area contributed by atoms with Crippen LogP contribution in [-0.4, -0.2) is 21.4 Å². The first-order valence-corrected chi connectivity index (χ1v) is 10.1. The second-order valence-electron chi connectivity index (χ2n) is 6.12. The number of benzene rings is 3. The Morgan fingerprint density at radius 2 is 1.63 bits per heavy atom. The van der Waals surface area contributed by atoms with Gasteiger partial charge in [0.1, 0.15) is 5.75 Å². The number of methoxy groups -OCH3 is 1. The maximum absolute atomic E-state index is 12.5. The average molecular weight is 404 g/mol. The van der Waals surface area contributed by atoms with Gasteiger partial charge in [-0.15, -0.1) is 0 Å². The van der Waals surface area contributed by atoms with Gasteiger partial charge in [-0.25, -0.2) is 13.1 Å². The summed E-state index contributed by atoms with van der Waals surface area (Å²) < 4.78 is 32.1. The predicted molar refractivity (Wildman–Crippen MR) is 106 cm³/mol. The van der Waals surface area contributed by atoms with Crippen LogP contribution in [0.25, 0.3) is 10.8 Å². The maximum Gasteiger partial charge on any atom is 0.264 e. The van der Waals surface area contributed by atoms with Crippen LogP contribution in [0.3, 0.4) is 0 Å². The van der Waals surface area contributed by atoms with Gasteiger partial charge in [0.05, 0.1) is 17.9 Å². The Morgan fingerprint density at radius 1 is 1.00 bits per heavy atom. The second kappa shape index (κ2) is 7.58. The van der Waals surface area contributed by atoms with Crippen LogP contribution in [0.15, 0.2) is 65.6 Å². The first kappa shape index (κ1) is 19.2. The van der Waals surface area contributed by atoms with E-state index in [2.05, 4.69) is 4.72 Å². The number of fused-ring (bicyclic) bond motifs is 1. The number of hydrogen-bond acceptors (Lipinski definition) is 4. The van der Waals surface area contributed by atoms with E-state index in [1.165, 1.54) is 24.3 Å². The van der Waals surface area contributed by atoms with E-state index in [0.29, 0.717) is 5.02 Å². The average Bonchev–Trinajstić information content (AvgIpc) is 2.66. The van der Waals surface area contributed by atoms with Crippen molar-refractivity contribution in [2.45, 2.75) is 17.7 Å². The molecule has 0 aliphatic rings. The zero-order valence-corrected chi connectivity index (χ0v) is 16.3. The molecule has 0 saturated carbocycles. The largest absolute Gasteiger partial charge is 0.497 e. The number of ether oxygens (including phenoxy) is 1. The third-order valence-corrected chi connectivity index (χ3v) is 5.94. The van der Waals surface area contributed by atoms with Crippen LogP contribution in [-0.2, 0) is 14.8 Å². The number of hydrogen-bond donors (Lipinski definition) is 1. The Morgan fingerprint density at radius 3 is 2.30 bits per heavy atom. The zero-order valence-electron chi connectivity index (χ0n) is 14.8. The number of carbonyl (C=O) groups excluding carboxylic acids is 1. The lowest BCUT2D eigenvalue weighted by Gasteiger charge is -2.14. The quantitative estimate of drug-likeness (QED) is 0.695. The van der Waals surface area contributed by atoms with Gasteiger partial charge in [0.15, 0.2) is 0 Å². The summed E-state index contributed by atoms with van der Waals surface area (Å²) in [7, 11) is -2.36. The summed E-state index contributed by atoms with van der Waals surface area (Å²) in [6.07, 6.45) is 0. The molecule has 0 heterocycles. The minimum atomic E-state index is -3.96. The van der Waals surface area contributed by atoms with Gasteiger partial charge in [-0.3, -0.25) is 4.79 Å². The Balaban J connectivity index is 1.82. The minimum Gasteiger partial charge on any atom is -0.497 e. The van der Waals surface area contributed by atoms with Gasteiger partial charge in [-0.2, -0.15) is 0 Å². The number of rotatable bonds is 5. The first-order valence-electron chi connectivity index (χ1n) is 8.20. The smallest absolute Gasteiger partial charge is 0.264 e. The van der Waals surface area contributed by atoms with E-state index in [4.69, 9.17) is 16.3 Å². The lowest BCUT2D eigenvalue weighted by atomic mass is 9.97. The molecule has 0 aliphatic carbocycles. The molecule has 5 nitrogen and oxygen atoms in total. The van der Waals surface area contributed by atoms with E-state index < -0.39 is 21.8 Å². The van der Waals surface area contributed by atoms with Gasteiger partial charge in [0, 0.05) is 5.02 Å². The van der Waals surface area contributed by atoms with Crippen molar-refractivity contribution in [3.8, 4) is 5.75 Å². The van der Waals surface area contributed by atoms with E-state index in [1.807, 2.05) is 30.3 Å². The third-order valence-electron chi connectivity index (χ3n) is 4.32. The summed E-state index contributed by atoms with van der Waals surface area (Å²) in [6.45, 7) is 1.66. The molecule has 3 aromatic carbocycles. The lowest BCUT2D eigenvalue weighted by molar-refractivity contribution is -0.120. The normalized spacial score (nSPS) is 12.6. The maximum atomic E-state index is 12.5. The van der Waals surface area contributed by atoms with Crippen LogP contribution >= 0.6 is 11.6 Å². The highest BCUT2D eigenvalue weighted by molar-refractivity contribution is 7.90. The molecular formula is C20H18ClNO4S. The lowest BCUT2D eigenvalue weighted by Crippen LogP contribution is -2.33. The molecule has 27 heavy (non-hydrogen) atoms. The van der Waals surface area contributed by atoms with Gasteiger partial charge in [-0.1, -0.05) is 35.9 Å². The fourth-order valence-electron chi connectivity index (χ4n) is 2.68. The van der Waals surface area contributed by atoms with Gasteiger partial charge >= 0.3 is 0 Å². The van der Waals surface area contributed by atoms with Gasteiger partial charge in [-0.05, 0) is 59.7 Å². The van der Waals surface area contributed by atoms with Crippen molar-refractivity contribution in [3.63, 3.8) is 0 Å². The predicted octanol–water partition coefficient (Wildman–Crippen LogP) is 4.11. The standard InChI is InChI=1S/C20H18ClNO4S/c1-13(14-3-4-16-12-18(26-2)8-5-15(16)11-14)20(23)22-27(24,25)19-9-6-17(21)7-10-19/h3-13H,1-2H3,(H,22,23). The van der Waals surface area contributed by atoms with Crippen molar-refractivity contribution >= 4 is 38.3 Å². The first-order chi connectivity index (χ1) is 12.8. The number of sulfonamides is 1. The fraction of sp³-hybridized carbons (Fsp3) is 0.150. The van der Waals surface area contributed by atoms with E-state index >= 15 is 0 Å². The molecule has 3 rings (SSSR count). The van der Waals surface area contributed by atoms with Crippen LogP contribution in [0.5, 0.6) is 5.75 Å². The molecule has 0 aliphatic heterocycles. The molecule has 0 spiro atoms. The molecule has 1 amide bonds. The van der Waals surface area contributed by atoms with Crippen LogP contribution in [0, 0.1) is 0 Å². The fourth-order valence-corrected chi connectivity index (χ4v) is 3.86. The summed E-state index contributed by atoms with van der Waals surface area (Å²) in [5, 5.41) is 2.33. The molecule has 0 radical (unpaired) electrons. The highest BCUT2D eigenvalue weighted by Crippen LogP contribution is 2.25. The van der Waals surface area contributed by atoms with Crippen LogP contribution < -0.4 is 9.46 Å². The number of amides is 1. The van der Waals surface area contributed by atoms with Crippen molar-refractivity contribution < 1.29 is 17.9 Å². The molecule has 7 heteroatoms. The molecule has 0 bridgehead atoms. The molecule has 1 unspecified atom stereocenters. The molecule has 0 fully saturated rings. The molecular weight excluding hydrogens is 386 g/mol. The highest BCUT2D eigenvalue weighted by Gasteiger charge is 2.23. The molecule has 1 atom stereocenters. The monoisotopic (exact) mass is 403 g/mol. The summed E-state index contributed by atoms with van der Waals surface area (Å²) >= 11 is 5.77. The van der Waals surface area contributed by atoms with E-state index in [0.717, 1.165) is 22.1 Å². The van der Waals surface area contributed by atoms with Crippen molar-refractivity contribution in [1.29, 1.82) is 0 Å². The van der Waals surface area contributed by atoms with Gasteiger partial charge in [0.25, 0.3) is 10.0 Å². The molecule has 1 N–H and O–H groups in total. The SMILES string of the molecule is COc1ccc2cc(C(C)C(=O)NS(=O)(=O)c3ccc(Cl)cc3)ccc2c1. The van der Waals surface area contributed by atoms with Crippen molar-refractivity contribution in [1.82, 2.24) is 4.72 Å². The van der Waals surface area contributed by atoms with E-state index in [1.54, 1.807) is 20.1 Å². The van der Waals surface area contributed by atoms with Crippen molar-refractivity contribution in [2.75, 3.05) is 7.11 Å². The van der Waals surface area contributed by atoms with E-state index in [9.17, 15) is 13.2 Å². The summed E-state index contributed by atoms with van der Waals surface area (Å²) in [4.78, 5) is 12.5. The Hall–Kier alpha value is -2.57. The van der Waals surface area contributed by atoms with Crippen molar-refractivity contribution in [3.05, 3.63) is 71.2 Å². The molecule has 0 aromatic heterocycles. The number of carbonyl (C=O) groups is 1. The second-order valence-corrected chi connectivity index (χ2v) is 8.24. The zero-order chi connectivity index (χ0) is 19.6. The van der Waals surface area contributed by atoms with Gasteiger partial charge in [0.2, 0.25) is 5.91 Å². The Kier molecular flexibility index (Phi) is 5.39. The number of nitrogens with one attached hydrogen (secondary N) is 1. The van der Waals surface area contributed by atoms with E-state index in [-0.39, 0.29) is 4.90 Å². The van der Waals surface area contributed by atoms with Crippen LogP contribution in [0.4, 0.5) is 0 Å². The number of halogens is 1. The molecule has 3 aromatic rings.